The number of carbonyl (C=O) groups is 1. The summed E-state index contributed by atoms with van der Waals surface area (Å²) in [5.41, 5.74) is 4.89. The zero-order valence-electron chi connectivity index (χ0n) is 9.53. The van der Waals surface area contributed by atoms with Gasteiger partial charge in [0.15, 0.2) is 0 Å². The van der Waals surface area contributed by atoms with Crippen LogP contribution < -0.4 is 5.73 Å². The van der Waals surface area contributed by atoms with Crippen molar-refractivity contribution in [2.45, 2.75) is 39.2 Å². The van der Waals surface area contributed by atoms with E-state index in [1.54, 1.807) is 0 Å². The summed E-state index contributed by atoms with van der Waals surface area (Å²) in [6.45, 7) is 4.59. The van der Waals surface area contributed by atoms with Crippen LogP contribution in [-0.2, 0) is 9.53 Å². The topological polar surface area (TPSA) is 72.5 Å². The fourth-order valence-electron chi connectivity index (χ4n) is 1.95. The molecule has 0 saturated heterocycles. The Bertz CT molecular complexity index is 226. The van der Waals surface area contributed by atoms with Crippen LogP contribution in [0.5, 0.6) is 0 Å². The lowest BCUT2D eigenvalue weighted by atomic mass is 9.79. The standard InChI is InChI=1S/C11H21NO3/c1-8(2)15-6-5-11(7-12,10(13)14)9-3-4-9/h8-9H,3-7,12H2,1-2H3,(H,13,14). The summed E-state index contributed by atoms with van der Waals surface area (Å²) in [5, 5.41) is 9.26. The summed E-state index contributed by atoms with van der Waals surface area (Å²) in [6, 6.07) is 0. The van der Waals surface area contributed by atoms with Gasteiger partial charge in [-0.3, -0.25) is 4.79 Å². The molecule has 3 N–H and O–H groups in total. The zero-order valence-corrected chi connectivity index (χ0v) is 9.53. The van der Waals surface area contributed by atoms with Gasteiger partial charge >= 0.3 is 5.97 Å². The van der Waals surface area contributed by atoms with Crippen LogP contribution in [0, 0.1) is 11.3 Å². The highest BCUT2D eigenvalue weighted by Gasteiger charge is 2.49. The van der Waals surface area contributed by atoms with Crippen LogP contribution in [0.4, 0.5) is 0 Å². The summed E-state index contributed by atoms with van der Waals surface area (Å²) in [7, 11) is 0. The maximum absolute atomic E-state index is 11.3. The predicted octanol–water partition coefficient (Wildman–Crippen LogP) is 1.24. The maximum atomic E-state index is 11.3. The maximum Gasteiger partial charge on any atom is 0.311 e. The Morgan fingerprint density at radius 3 is 2.53 bits per heavy atom. The van der Waals surface area contributed by atoms with Crippen molar-refractivity contribution < 1.29 is 14.6 Å². The Hall–Kier alpha value is -0.610. The molecular formula is C11H21NO3. The van der Waals surface area contributed by atoms with Gasteiger partial charge in [-0.1, -0.05) is 0 Å². The first kappa shape index (κ1) is 12.5. The van der Waals surface area contributed by atoms with Gasteiger partial charge < -0.3 is 15.6 Å². The van der Waals surface area contributed by atoms with E-state index in [2.05, 4.69) is 0 Å². The summed E-state index contributed by atoms with van der Waals surface area (Å²) in [5.74, 6) is -0.504. The average molecular weight is 215 g/mol. The third-order valence-electron chi connectivity index (χ3n) is 3.15. The molecule has 88 valence electrons. The van der Waals surface area contributed by atoms with Gasteiger partial charge in [0.05, 0.1) is 11.5 Å². The van der Waals surface area contributed by atoms with E-state index in [1.807, 2.05) is 13.8 Å². The molecule has 1 saturated carbocycles. The second-order valence-corrected chi connectivity index (χ2v) is 4.61. The van der Waals surface area contributed by atoms with E-state index in [4.69, 9.17) is 10.5 Å². The number of nitrogens with two attached hydrogens (primary N) is 1. The third-order valence-corrected chi connectivity index (χ3v) is 3.15. The van der Waals surface area contributed by atoms with E-state index in [-0.39, 0.29) is 18.6 Å². The van der Waals surface area contributed by atoms with E-state index in [0.29, 0.717) is 13.0 Å². The smallest absolute Gasteiger partial charge is 0.311 e. The van der Waals surface area contributed by atoms with Crippen molar-refractivity contribution >= 4 is 5.97 Å². The molecule has 0 bridgehead atoms. The molecule has 1 fully saturated rings. The summed E-state index contributed by atoms with van der Waals surface area (Å²) >= 11 is 0. The first-order valence-corrected chi connectivity index (χ1v) is 5.58. The second-order valence-electron chi connectivity index (χ2n) is 4.61. The second kappa shape index (κ2) is 4.94. The molecule has 0 aromatic heterocycles. The number of ether oxygens (including phenoxy) is 1. The van der Waals surface area contributed by atoms with Crippen molar-refractivity contribution in [1.82, 2.24) is 0 Å². The zero-order chi connectivity index (χ0) is 11.5. The fourth-order valence-corrected chi connectivity index (χ4v) is 1.95. The van der Waals surface area contributed by atoms with Crippen LogP contribution in [0.25, 0.3) is 0 Å². The third kappa shape index (κ3) is 2.92. The fraction of sp³-hybridized carbons (Fsp3) is 0.909. The van der Waals surface area contributed by atoms with Gasteiger partial charge in [-0.25, -0.2) is 0 Å². The number of hydrogen-bond donors (Lipinski definition) is 2. The molecule has 15 heavy (non-hydrogen) atoms. The molecule has 1 unspecified atom stereocenters. The average Bonchev–Trinajstić information content (AvgIpc) is 2.95. The van der Waals surface area contributed by atoms with E-state index in [1.165, 1.54) is 0 Å². The van der Waals surface area contributed by atoms with Crippen LogP contribution in [0.3, 0.4) is 0 Å². The lowest BCUT2D eigenvalue weighted by molar-refractivity contribution is -0.151. The molecule has 1 aliphatic carbocycles. The van der Waals surface area contributed by atoms with Gasteiger partial charge in [-0.15, -0.1) is 0 Å². The normalized spacial score (nSPS) is 20.3. The summed E-state index contributed by atoms with van der Waals surface area (Å²) < 4.78 is 5.41. The van der Waals surface area contributed by atoms with Gasteiger partial charge in [0.25, 0.3) is 0 Å². The van der Waals surface area contributed by atoms with Gasteiger partial charge in [-0.05, 0) is 39.0 Å². The Balaban J connectivity index is 2.52. The molecule has 0 aromatic carbocycles. The van der Waals surface area contributed by atoms with Crippen LogP contribution in [0.15, 0.2) is 0 Å². The number of carboxylic acids is 1. The number of rotatable bonds is 7. The molecule has 4 nitrogen and oxygen atoms in total. The van der Waals surface area contributed by atoms with E-state index in [9.17, 15) is 9.90 Å². The lowest BCUT2D eigenvalue weighted by Gasteiger charge is -2.28. The summed E-state index contributed by atoms with van der Waals surface area (Å²) in [6.07, 6.45) is 2.66. The number of hydrogen-bond acceptors (Lipinski definition) is 3. The van der Waals surface area contributed by atoms with E-state index < -0.39 is 11.4 Å². The molecule has 1 aliphatic rings. The molecule has 0 heterocycles. The lowest BCUT2D eigenvalue weighted by Crippen LogP contribution is -2.41. The van der Waals surface area contributed by atoms with E-state index >= 15 is 0 Å². The van der Waals surface area contributed by atoms with Crippen LogP contribution >= 0.6 is 0 Å². The highest BCUT2D eigenvalue weighted by Crippen LogP contribution is 2.47. The van der Waals surface area contributed by atoms with Gasteiger partial charge in [0.1, 0.15) is 0 Å². The van der Waals surface area contributed by atoms with Gasteiger partial charge in [-0.2, -0.15) is 0 Å². The van der Waals surface area contributed by atoms with Crippen molar-refractivity contribution in [3.8, 4) is 0 Å². The molecule has 0 aliphatic heterocycles. The number of carboxylic acid groups (broad SMARTS) is 1. The predicted molar refractivity (Wildman–Crippen MR) is 57.6 cm³/mol. The molecular weight excluding hydrogens is 194 g/mol. The Morgan fingerprint density at radius 2 is 2.20 bits per heavy atom. The Kier molecular flexibility index (Phi) is 4.11. The van der Waals surface area contributed by atoms with E-state index in [0.717, 1.165) is 12.8 Å². The van der Waals surface area contributed by atoms with Crippen molar-refractivity contribution in [3.63, 3.8) is 0 Å². The highest BCUT2D eigenvalue weighted by atomic mass is 16.5. The van der Waals surface area contributed by atoms with Crippen LogP contribution in [-0.4, -0.2) is 30.3 Å². The summed E-state index contributed by atoms with van der Waals surface area (Å²) in [4.78, 5) is 11.3. The molecule has 0 radical (unpaired) electrons. The van der Waals surface area contributed by atoms with Crippen molar-refractivity contribution in [3.05, 3.63) is 0 Å². The number of aliphatic carboxylic acids is 1. The minimum absolute atomic E-state index is 0.147. The van der Waals surface area contributed by atoms with Crippen molar-refractivity contribution in [2.24, 2.45) is 17.1 Å². The monoisotopic (exact) mass is 215 g/mol. The Morgan fingerprint density at radius 1 is 1.60 bits per heavy atom. The quantitative estimate of drug-likeness (QED) is 0.670. The molecule has 0 amide bonds. The largest absolute Gasteiger partial charge is 0.481 e. The Labute approximate surface area is 90.8 Å². The van der Waals surface area contributed by atoms with Crippen molar-refractivity contribution in [1.29, 1.82) is 0 Å². The van der Waals surface area contributed by atoms with Gasteiger partial charge in [0.2, 0.25) is 0 Å². The minimum atomic E-state index is -0.764. The molecule has 0 spiro atoms. The van der Waals surface area contributed by atoms with Crippen LogP contribution in [0.1, 0.15) is 33.1 Å². The molecule has 1 rings (SSSR count). The van der Waals surface area contributed by atoms with Crippen LogP contribution in [0.2, 0.25) is 0 Å². The first-order chi connectivity index (χ1) is 7.03. The molecule has 4 heteroatoms. The van der Waals surface area contributed by atoms with Crippen molar-refractivity contribution in [2.75, 3.05) is 13.2 Å². The first-order valence-electron chi connectivity index (χ1n) is 5.58. The van der Waals surface area contributed by atoms with Gasteiger partial charge in [0, 0.05) is 13.2 Å². The minimum Gasteiger partial charge on any atom is -0.481 e. The SMILES string of the molecule is CC(C)OCCC(CN)(C(=O)O)C1CC1. The highest BCUT2D eigenvalue weighted by molar-refractivity contribution is 5.76. The molecule has 0 aromatic rings. The molecule has 1 atom stereocenters.